The van der Waals surface area contributed by atoms with Crippen LogP contribution in [-0.2, 0) is 16.7 Å². The van der Waals surface area contributed by atoms with Crippen molar-refractivity contribution in [3.05, 3.63) is 64.7 Å². The zero-order chi connectivity index (χ0) is 21.9. The minimum Gasteiger partial charge on any atom is -0.371 e. The molecule has 0 saturated carbocycles. The predicted molar refractivity (Wildman–Crippen MR) is 117 cm³/mol. The highest BCUT2D eigenvalue weighted by atomic mass is 32.2. The van der Waals surface area contributed by atoms with Crippen molar-refractivity contribution in [3.63, 3.8) is 0 Å². The van der Waals surface area contributed by atoms with Gasteiger partial charge in [-0.15, -0.1) is 0 Å². The van der Waals surface area contributed by atoms with Crippen LogP contribution in [0.15, 0.2) is 42.5 Å². The van der Waals surface area contributed by atoms with Crippen LogP contribution in [0.3, 0.4) is 0 Å². The van der Waals surface area contributed by atoms with Gasteiger partial charge in [0.25, 0.3) is 5.91 Å². The lowest BCUT2D eigenvalue weighted by molar-refractivity contribution is 0.0773. The predicted octanol–water partition coefficient (Wildman–Crippen LogP) is 2.59. The lowest BCUT2D eigenvalue weighted by atomic mass is 9.89. The third-order valence-electron chi connectivity index (χ3n) is 5.36. The van der Waals surface area contributed by atoms with E-state index in [4.69, 9.17) is 4.18 Å². The minimum atomic E-state index is -3.79. The van der Waals surface area contributed by atoms with Crippen LogP contribution in [0, 0.1) is 0 Å². The molecule has 0 aromatic heterocycles. The smallest absolute Gasteiger partial charge is 0.371 e. The van der Waals surface area contributed by atoms with Crippen molar-refractivity contribution in [3.8, 4) is 5.75 Å². The summed E-state index contributed by atoms with van der Waals surface area (Å²) in [4.78, 5) is 14.3. The Balaban J connectivity index is 1.84. The Morgan fingerprint density at radius 3 is 2.37 bits per heavy atom. The van der Waals surface area contributed by atoms with Gasteiger partial charge in [0.1, 0.15) is 5.75 Å². The van der Waals surface area contributed by atoms with E-state index in [0.717, 1.165) is 34.0 Å². The number of hydrogen-bond acceptors (Lipinski definition) is 5. The molecule has 1 atom stereocenters. The van der Waals surface area contributed by atoms with Crippen LogP contribution < -0.4 is 9.50 Å². The highest BCUT2D eigenvalue weighted by molar-refractivity contribution is 7.84. The molecule has 8 heteroatoms. The first kappa shape index (κ1) is 22.3. The van der Waals surface area contributed by atoms with Gasteiger partial charge < -0.3 is 14.4 Å². The van der Waals surface area contributed by atoms with Crippen molar-refractivity contribution in [1.82, 2.24) is 14.5 Å². The van der Waals surface area contributed by atoms with Crippen molar-refractivity contribution >= 4 is 16.2 Å². The van der Waals surface area contributed by atoms with Gasteiger partial charge in [0.05, 0.1) is 6.04 Å². The van der Waals surface area contributed by atoms with Gasteiger partial charge in [-0.3, -0.25) is 4.79 Å². The highest BCUT2D eigenvalue weighted by Gasteiger charge is 2.24. The first-order chi connectivity index (χ1) is 14.3. The second-order valence-corrected chi connectivity index (χ2v) is 9.17. The first-order valence-corrected chi connectivity index (χ1v) is 11.5. The summed E-state index contributed by atoms with van der Waals surface area (Å²) in [6, 6.07) is 13.0. The number of carbonyl (C=O) groups excluding carboxylic acids is 1. The summed E-state index contributed by atoms with van der Waals surface area (Å²) < 4.78 is 30.2. The molecule has 0 radical (unpaired) electrons. The fourth-order valence-electron chi connectivity index (χ4n) is 3.60. The molecular weight excluding hydrogens is 402 g/mol. The molecular formula is C22H29N3O4S. The monoisotopic (exact) mass is 431 g/mol. The maximum Gasteiger partial charge on any atom is 0.384 e. The largest absolute Gasteiger partial charge is 0.384 e. The normalized spacial score (nSPS) is 16.2. The molecule has 0 aliphatic carbocycles. The van der Waals surface area contributed by atoms with Crippen LogP contribution in [0.4, 0.5) is 0 Å². The Hall–Kier alpha value is -2.42. The molecule has 0 spiro atoms. The Morgan fingerprint density at radius 1 is 1.10 bits per heavy atom. The Bertz CT molecular complexity index is 1000. The quantitative estimate of drug-likeness (QED) is 0.729. The molecule has 1 aliphatic rings. The molecule has 162 valence electrons. The number of carbonyl (C=O) groups is 1. The summed E-state index contributed by atoms with van der Waals surface area (Å²) in [5, 5.41) is 3.51. The molecule has 1 unspecified atom stereocenters. The zero-order valence-corrected chi connectivity index (χ0v) is 18.7. The summed E-state index contributed by atoms with van der Waals surface area (Å²) in [6.45, 7) is 6.08. The molecule has 1 aliphatic heterocycles. The maximum atomic E-state index is 12.5. The summed E-state index contributed by atoms with van der Waals surface area (Å²) >= 11 is 0. The third kappa shape index (κ3) is 4.66. The van der Waals surface area contributed by atoms with E-state index in [0.29, 0.717) is 24.4 Å². The van der Waals surface area contributed by atoms with Crippen molar-refractivity contribution in [1.29, 1.82) is 0 Å². The van der Waals surface area contributed by atoms with Crippen molar-refractivity contribution in [2.45, 2.75) is 26.3 Å². The van der Waals surface area contributed by atoms with E-state index in [9.17, 15) is 13.2 Å². The van der Waals surface area contributed by atoms with E-state index in [1.54, 1.807) is 17.0 Å². The Morgan fingerprint density at radius 2 is 1.77 bits per heavy atom. The lowest BCUT2D eigenvalue weighted by Crippen LogP contribution is -2.31. The summed E-state index contributed by atoms with van der Waals surface area (Å²) in [5.74, 6) is 0.343. The molecule has 1 amide bonds. The van der Waals surface area contributed by atoms with Gasteiger partial charge in [-0.25, -0.2) is 0 Å². The topological polar surface area (TPSA) is 79.0 Å². The number of rotatable bonds is 7. The maximum absolute atomic E-state index is 12.5. The van der Waals surface area contributed by atoms with Crippen LogP contribution in [0.25, 0.3) is 0 Å². The van der Waals surface area contributed by atoms with E-state index >= 15 is 0 Å². The van der Waals surface area contributed by atoms with Gasteiger partial charge in [0, 0.05) is 39.3 Å². The van der Waals surface area contributed by atoms with E-state index < -0.39 is 10.3 Å². The average molecular weight is 432 g/mol. The van der Waals surface area contributed by atoms with E-state index in [1.165, 1.54) is 14.1 Å². The highest BCUT2D eigenvalue weighted by Crippen LogP contribution is 2.32. The van der Waals surface area contributed by atoms with E-state index in [-0.39, 0.29) is 11.9 Å². The molecule has 7 nitrogen and oxygen atoms in total. The van der Waals surface area contributed by atoms with Crippen molar-refractivity contribution < 1.29 is 17.4 Å². The number of amides is 1. The van der Waals surface area contributed by atoms with Gasteiger partial charge in [-0.2, -0.15) is 12.7 Å². The lowest BCUT2D eigenvalue weighted by Gasteiger charge is -2.28. The van der Waals surface area contributed by atoms with Crippen molar-refractivity contribution in [2.24, 2.45) is 0 Å². The number of hydrogen-bond donors (Lipinski definition) is 1. The average Bonchev–Trinajstić information content (AvgIpc) is 2.73. The van der Waals surface area contributed by atoms with Gasteiger partial charge in [-0.1, -0.05) is 18.2 Å². The number of benzene rings is 2. The van der Waals surface area contributed by atoms with Crippen molar-refractivity contribution in [2.75, 3.05) is 33.7 Å². The fraction of sp³-hybridized carbons (Fsp3) is 0.409. The molecule has 0 bridgehead atoms. The number of nitrogens with zero attached hydrogens (tertiary/aromatic N) is 2. The second kappa shape index (κ2) is 9.16. The fourth-order valence-corrected chi connectivity index (χ4v) is 4.09. The number of nitrogens with one attached hydrogen (secondary N) is 1. The van der Waals surface area contributed by atoms with Gasteiger partial charge in [-0.05, 0) is 61.2 Å². The number of fused-ring (bicyclic) bond motifs is 1. The van der Waals surface area contributed by atoms with Crippen LogP contribution in [0.1, 0.15) is 46.9 Å². The second-order valence-electron chi connectivity index (χ2n) is 7.42. The van der Waals surface area contributed by atoms with Crippen LogP contribution in [-0.4, -0.2) is 57.3 Å². The molecule has 0 saturated heterocycles. The Kier molecular flexibility index (Phi) is 6.80. The molecule has 0 fully saturated rings. The molecule has 3 rings (SSSR count). The van der Waals surface area contributed by atoms with Gasteiger partial charge in [0.2, 0.25) is 0 Å². The molecule has 2 aromatic rings. The molecule has 30 heavy (non-hydrogen) atoms. The Labute approximate surface area is 178 Å². The molecule has 1 heterocycles. The van der Waals surface area contributed by atoms with Gasteiger partial charge >= 0.3 is 10.3 Å². The zero-order valence-electron chi connectivity index (χ0n) is 17.9. The van der Waals surface area contributed by atoms with Crippen LogP contribution >= 0.6 is 0 Å². The van der Waals surface area contributed by atoms with Crippen LogP contribution in [0.5, 0.6) is 5.75 Å². The minimum absolute atomic E-state index is 0.0224. The van der Waals surface area contributed by atoms with E-state index in [2.05, 4.69) is 5.32 Å². The SMILES string of the molecule is CCN(CC)C(=O)c1ccc(C2NCCc3cc(OS(=O)(=O)N(C)C)ccc32)cc1. The van der Waals surface area contributed by atoms with E-state index in [1.807, 2.05) is 44.2 Å². The standard InChI is InChI=1S/C22H29N3O4S/c1-5-25(6-2)22(26)17-9-7-16(8-10-17)21-20-12-11-19(15-18(20)13-14-23-21)29-30(27,28)24(3)4/h7-12,15,21,23H,5-6,13-14H2,1-4H3. The summed E-state index contributed by atoms with van der Waals surface area (Å²) in [7, 11) is -0.920. The van der Waals surface area contributed by atoms with Crippen LogP contribution in [0.2, 0.25) is 0 Å². The molecule has 1 N–H and O–H groups in total. The van der Waals surface area contributed by atoms with Gasteiger partial charge in [0.15, 0.2) is 0 Å². The molecule has 2 aromatic carbocycles. The third-order valence-corrected chi connectivity index (χ3v) is 6.66. The first-order valence-electron chi connectivity index (χ1n) is 10.1. The summed E-state index contributed by atoms with van der Waals surface area (Å²) in [6.07, 6.45) is 0.781. The summed E-state index contributed by atoms with van der Waals surface area (Å²) in [5.41, 5.74) is 3.87.